The average molecular weight is 534 g/mol. The molecule has 0 unspecified atom stereocenters. The van der Waals surface area contributed by atoms with Crippen LogP contribution in [0.2, 0.25) is 0 Å². The molecule has 0 radical (unpaired) electrons. The van der Waals surface area contributed by atoms with Crippen molar-refractivity contribution in [2.24, 2.45) is 0 Å². The molecule has 3 rings (SSSR count). The van der Waals surface area contributed by atoms with Crippen molar-refractivity contribution in [1.29, 1.82) is 0 Å². The second kappa shape index (κ2) is 12.5. The number of hydrogen-bond acceptors (Lipinski definition) is 8. The number of nitrogens with one attached hydrogen (secondary N) is 3. The number of aliphatic carboxylic acids is 1. The molecule has 1 aromatic heterocycles. The number of sulfonamides is 1. The third-order valence-corrected chi connectivity index (χ3v) is 8.03. The number of benzene rings is 1. The maximum atomic E-state index is 12.9. The lowest BCUT2D eigenvalue weighted by Crippen LogP contribution is -2.49. The number of aromatic nitrogens is 1. The molecule has 2 heterocycles. The Balaban J connectivity index is 1.48. The lowest BCUT2D eigenvalue weighted by atomic mass is 10.1. The molecule has 3 atom stereocenters. The van der Waals surface area contributed by atoms with Crippen LogP contribution in [-0.2, 0) is 24.3 Å². The Morgan fingerprint density at radius 1 is 1.22 bits per heavy atom. The second-order valence-electron chi connectivity index (χ2n) is 9.40. The first kappa shape index (κ1) is 28.5. The van der Waals surface area contributed by atoms with Gasteiger partial charge in [-0.05, 0) is 57.5 Å². The van der Waals surface area contributed by atoms with E-state index in [1.54, 1.807) is 32.2 Å². The number of likely N-dealkylation sites (N-methyl/N-ethyl adjacent to an activating group) is 1. The van der Waals surface area contributed by atoms with E-state index in [0.717, 1.165) is 17.8 Å². The molecule has 2 aromatic rings. The predicted molar refractivity (Wildman–Crippen MR) is 139 cm³/mol. The first-order chi connectivity index (χ1) is 17.5. The van der Waals surface area contributed by atoms with Crippen molar-refractivity contribution in [3.63, 3.8) is 0 Å². The number of carbonyl (C=O) groups excluding carboxylic acids is 1. The normalized spacial score (nSPS) is 18.9. The number of carboxylic acid groups (broad SMARTS) is 1. The third kappa shape index (κ3) is 7.96. The maximum absolute atomic E-state index is 12.9. The van der Waals surface area contributed by atoms with E-state index < -0.39 is 34.5 Å². The first-order valence-corrected chi connectivity index (χ1v) is 13.5. The molecule has 0 saturated carbocycles. The smallest absolute Gasteiger partial charge is 0.323 e. The standard InChI is InChI=1S/C25H35N5O6S/c1-16-9-17(2)24(18(3)10-16)37(34,35)29-21(25(32)33)13-28-23(31)15-36-20-11-19(30(4)14-20)12-27-22-7-5-6-8-26-22/h5-10,19-21,29H,11-15H2,1-4H3,(H,26,27)(H,28,31)(H,32,33)/t19-,20+,21-/m0/s1. The van der Waals surface area contributed by atoms with Crippen LogP contribution in [0.1, 0.15) is 23.1 Å². The van der Waals surface area contributed by atoms with Crippen molar-refractivity contribution in [3.8, 4) is 0 Å². The molecule has 1 aromatic carbocycles. The van der Waals surface area contributed by atoms with E-state index >= 15 is 0 Å². The van der Waals surface area contributed by atoms with Gasteiger partial charge in [-0.1, -0.05) is 23.8 Å². The number of amides is 1. The molecule has 0 spiro atoms. The molecule has 12 heteroatoms. The average Bonchev–Trinajstić information content (AvgIpc) is 3.18. The third-order valence-electron chi connectivity index (χ3n) is 6.26. The quantitative estimate of drug-likeness (QED) is 0.314. The van der Waals surface area contributed by atoms with Crippen LogP contribution in [0.15, 0.2) is 41.4 Å². The molecular weight excluding hydrogens is 498 g/mol. The molecular formula is C25H35N5O6S. The van der Waals surface area contributed by atoms with Crippen LogP contribution in [0.25, 0.3) is 0 Å². The van der Waals surface area contributed by atoms with Gasteiger partial charge in [0, 0.05) is 31.9 Å². The van der Waals surface area contributed by atoms with Gasteiger partial charge in [-0.15, -0.1) is 0 Å². The van der Waals surface area contributed by atoms with Gasteiger partial charge in [-0.3, -0.25) is 14.5 Å². The van der Waals surface area contributed by atoms with Gasteiger partial charge in [0.1, 0.15) is 18.5 Å². The highest BCUT2D eigenvalue weighted by Gasteiger charge is 2.31. The summed E-state index contributed by atoms with van der Waals surface area (Å²) < 4.78 is 33.8. The zero-order chi connectivity index (χ0) is 27.2. The van der Waals surface area contributed by atoms with E-state index in [2.05, 4.69) is 25.2 Å². The van der Waals surface area contributed by atoms with Gasteiger partial charge in [-0.25, -0.2) is 13.4 Å². The molecule has 1 saturated heterocycles. The number of pyridine rings is 1. The highest BCUT2D eigenvalue weighted by molar-refractivity contribution is 7.89. The Hall–Kier alpha value is -3.06. The minimum absolute atomic E-state index is 0.0384. The van der Waals surface area contributed by atoms with Gasteiger partial charge in [0.25, 0.3) is 0 Å². The molecule has 37 heavy (non-hydrogen) atoms. The van der Waals surface area contributed by atoms with Crippen molar-refractivity contribution >= 4 is 27.7 Å². The SMILES string of the molecule is Cc1cc(C)c(S(=O)(=O)N[C@@H](CNC(=O)CO[C@@H]2C[C@@H](CNc3ccccn3)N(C)C2)C(=O)O)c(C)c1. The Morgan fingerprint density at radius 3 is 2.54 bits per heavy atom. The molecule has 11 nitrogen and oxygen atoms in total. The van der Waals surface area contributed by atoms with Crippen molar-refractivity contribution in [1.82, 2.24) is 19.9 Å². The largest absolute Gasteiger partial charge is 0.480 e. The summed E-state index contributed by atoms with van der Waals surface area (Å²) >= 11 is 0. The van der Waals surface area contributed by atoms with Crippen LogP contribution in [0, 0.1) is 20.8 Å². The van der Waals surface area contributed by atoms with Gasteiger partial charge in [0.15, 0.2) is 0 Å². The molecule has 202 valence electrons. The Kier molecular flexibility index (Phi) is 9.60. The summed E-state index contributed by atoms with van der Waals surface area (Å²) in [6.45, 7) is 5.82. The van der Waals surface area contributed by atoms with E-state index in [-0.39, 0.29) is 23.6 Å². The summed E-state index contributed by atoms with van der Waals surface area (Å²) in [6.07, 6.45) is 2.28. The summed E-state index contributed by atoms with van der Waals surface area (Å²) in [7, 11) is -2.14. The first-order valence-electron chi connectivity index (χ1n) is 12.0. The number of carbonyl (C=O) groups is 2. The molecule has 4 N–H and O–H groups in total. The highest BCUT2D eigenvalue weighted by Crippen LogP contribution is 2.22. The number of likely N-dealkylation sites (tertiary alicyclic amines) is 1. The topological polar surface area (TPSA) is 150 Å². The minimum Gasteiger partial charge on any atom is -0.480 e. The summed E-state index contributed by atoms with van der Waals surface area (Å²) in [4.78, 5) is 30.5. The van der Waals surface area contributed by atoms with Gasteiger partial charge in [0.2, 0.25) is 15.9 Å². The van der Waals surface area contributed by atoms with Gasteiger partial charge >= 0.3 is 5.97 Å². The van der Waals surface area contributed by atoms with E-state index in [0.29, 0.717) is 24.2 Å². The molecule has 1 aliphatic heterocycles. The zero-order valence-electron chi connectivity index (χ0n) is 21.5. The summed E-state index contributed by atoms with van der Waals surface area (Å²) in [6, 6.07) is 7.75. The van der Waals surface area contributed by atoms with Crippen molar-refractivity contribution in [2.75, 3.05) is 38.6 Å². The Labute approximate surface area is 217 Å². The number of nitrogens with zero attached hydrogens (tertiary/aromatic N) is 2. The molecule has 1 aliphatic rings. The van der Waals surface area contributed by atoms with Gasteiger partial charge in [-0.2, -0.15) is 4.72 Å². The summed E-state index contributed by atoms with van der Waals surface area (Å²) in [5.74, 6) is -1.13. The fourth-order valence-corrected chi connectivity index (χ4v) is 6.20. The van der Waals surface area contributed by atoms with Crippen LogP contribution >= 0.6 is 0 Å². The number of carboxylic acids is 1. The van der Waals surface area contributed by atoms with Crippen LogP contribution in [0.4, 0.5) is 5.82 Å². The van der Waals surface area contributed by atoms with Crippen LogP contribution < -0.4 is 15.4 Å². The number of anilines is 1. The van der Waals surface area contributed by atoms with E-state index in [1.165, 1.54) is 0 Å². The zero-order valence-corrected chi connectivity index (χ0v) is 22.3. The van der Waals surface area contributed by atoms with Crippen LogP contribution in [0.5, 0.6) is 0 Å². The number of rotatable bonds is 12. The summed E-state index contributed by atoms with van der Waals surface area (Å²) in [5.41, 5.74) is 1.93. The monoisotopic (exact) mass is 533 g/mol. The molecule has 1 amide bonds. The van der Waals surface area contributed by atoms with Crippen LogP contribution in [-0.4, -0.2) is 86.8 Å². The predicted octanol–water partition coefficient (Wildman–Crippen LogP) is 1.06. The Morgan fingerprint density at radius 2 is 1.92 bits per heavy atom. The van der Waals surface area contributed by atoms with Gasteiger partial charge in [0.05, 0.1) is 11.0 Å². The number of aryl methyl sites for hydroxylation is 3. The van der Waals surface area contributed by atoms with Gasteiger partial charge < -0.3 is 20.5 Å². The molecule has 0 aliphatic carbocycles. The Bertz CT molecular complexity index is 1180. The number of hydrogen-bond donors (Lipinski definition) is 4. The maximum Gasteiger partial charge on any atom is 0.323 e. The van der Waals surface area contributed by atoms with Crippen LogP contribution in [0.3, 0.4) is 0 Å². The second-order valence-corrected chi connectivity index (χ2v) is 11.1. The number of ether oxygens (including phenoxy) is 1. The highest BCUT2D eigenvalue weighted by atomic mass is 32.2. The molecule has 1 fully saturated rings. The van der Waals surface area contributed by atoms with E-state index in [4.69, 9.17) is 4.74 Å². The van der Waals surface area contributed by atoms with Crippen molar-refractivity contribution < 1.29 is 27.9 Å². The summed E-state index contributed by atoms with van der Waals surface area (Å²) in [5, 5.41) is 15.3. The lowest BCUT2D eigenvalue weighted by molar-refractivity contribution is -0.139. The molecule has 0 bridgehead atoms. The fourth-order valence-electron chi connectivity index (χ4n) is 4.55. The lowest BCUT2D eigenvalue weighted by Gasteiger charge is -2.19. The van der Waals surface area contributed by atoms with Crippen molar-refractivity contribution in [2.45, 2.75) is 50.3 Å². The fraction of sp³-hybridized carbons (Fsp3) is 0.480. The van der Waals surface area contributed by atoms with Crippen molar-refractivity contribution in [3.05, 3.63) is 53.2 Å². The van der Waals surface area contributed by atoms with E-state index in [1.807, 2.05) is 32.2 Å². The minimum atomic E-state index is -4.12. The van der Waals surface area contributed by atoms with E-state index in [9.17, 15) is 23.1 Å².